The molecule has 0 saturated carbocycles. The molecule has 0 radical (unpaired) electrons. The minimum Gasteiger partial charge on any atom is -0.496 e. The Morgan fingerprint density at radius 3 is 2.37 bits per heavy atom. The largest absolute Gasteiger partial charge is 0.496 e. The number of rotatable bonds is 9. The lowest BCUT2D eigenvalue weighted by Crippen LogP contribution is -2.17. The van der Waals surface area contributed by atoms with E-state index in [1.165, 1.54) is 19.2 Å². The van der Waals surface area contributed by atoms with Crippen LogP contribution >= 0.6 is 0 Å². The lowest BCUT2D eigenvalue weighted by molar-refractivity contribution is 0.0471. The Morgan fingerprint density at radius 1 is 1.13 bits per heavy atom. The highest BCUT2D eigenvalue weighted by Gasteiger charge is 2.21. The first kappa shape index (κ1) is 23.6. The molecule has 0 fully saturated rings. The third-order valence-electron chi connectivity index (χ3n) is 4.86. The highest BCUT2D eigenvalue weighted by Crippen LogP contribution is 2.23. The zero-order valence-corrected chi connectivity index (χ0v) is 18.7. The molecular weight excluding hydrogens is 408 g/mol. The topological polar surface area (TPSA) is 118 Å². The number of ketones is 1. The van der Waals surface area contributed by atoms with Gasteiger partial charge in [-0.2, -0.15) is 0 Å². The monoisotopic (exact) mass is 436 g/mol. The molecule has 164 valence electrons. The Bertz CT molecular complexity index is 1050. The van der Waals surface area contributed by atoms with Crippen LogP contribution in [0.5, 0.6) is 5.75 Å². The van der Waals surface area contributed by atoms with Gasteiger partial charge in [-0.15, -0.1) is 0 Å². The summed E-state index contributed by atoms with van der Waals surface area (Å²) in [5.74, 6) is -0.561. The van der Waals surface area contributed by atoms with Gasteiger partial charge in [-0.3, -0.25) is 4.79 Å². The van der Waals surface area contributed by atoms with Gasteiger partial charge in [0.25, 0.3) is 0 Å². The maximum atomic E-state index is 12.6. The van der Waals surface area contributed by atoms with E-state index in [2.05, 4.69) is 18.4 Å². The standard InChI is InChI=1S/C21H28N2O6S/c1-13(2)8-9-23-14(3)10-17(15(23)4)19(24)12-29-21(25)18-11-16(30(22,26)27)6-7-20(18)28-5/h6-7,10-11,13H,8-9,12H2,1-5H3,(H2,22,26,27). The third-order valence-corrected chi connectivity index (χ3v) is 5.77. The van der Waals surface area contributed by atoms with Crippen LogP contribution in [0.3, 0.4) is 0 Å². The van der Waals surface area contributed by atoms with E-state index >= 15 is 0 Å². The summed E-state index contributed by atoms with van der Waals surface area (Å²) in [7, 11) is -2.68. The molecule has 0 atom stereocenters. The molecule has 0 aliphatic carbocycles. The summed E-state index contributed by atoms with van der Waals surface area (Å²) in [6.45, 7) is 8.40. The lowest BCUT2D eigenvalue weighted by atomic mass is 10.1. The van der Waals surface area contributed by atoms with Gasteiger partial charge in [-0.05, 0) is 50.5 Å². The summed E-state index contributed by atoms with van der Waals surface area (Å²) in [4.78, 5) is 24.9. The zero-order valence-electron chi connectivity index (χ0n) is 17.9. The van der Waals surface area contributed by atoms with Gasteiger partial charge in [-0.1, -0.05) is 13.8 Å². The fraction of sp³-hybridized carbons (Fsp3) is 0.429. The van der Waals surface area contributed by atoms with Crippen LogP contribution in [-0.2, 0) is 21.3 Å². The number of carbonyl (C=O) groups excluding carboxylic acids is 2. The normalized spacial score (nSPS) is 11.6. The van der Waals surface area contributed by atoms with Gasteiger partial charge in [0.1, 0.15) is 11.3 Å². The minimum absolute atomic E-state index is 0.117. The minimum atomic E-state index is -4.01. The summed E-state index contributed by atoms with van der Waals surface area (Å²) < 4.78 is 35.4. The Hall–Kier alpha value is -2.65. The first-order chi connectivity index (χ1) is 14.0. The number of Topliss-reactive ketones (excluding diaryl/α,β-unsaturated/α-hetero) is 1. The van der Waals surface area contributed by atoms with Crippen LogP contribution in [0.1, 0.15) is 52.4 Å². The number of carbonyl (C=O) groups is 2. The van der Waals surface area contributed by atoms with Gasteiger partial charge < -0.3 is 14.0 Å². The second-order valence-electron chi connectivity index (χ2n) is 7.53. The number of sulfonamides is 1. The van der Waals surface area contributed by atoms with Crippen molar-refractivity contribution in [2.75, 3.05) is 13.7 Å². The van der Waals surface area contributed by atoms with Crippen molar-refractivity contribution in [3.63, 3.8) is 0 Å². The molecule has 0 spiro atoms. The number of primary sulfonamides is 1. The maximum Gasteiger partial charge on any atom is 0.342 e. The maximum absolute atomic E-state index is 12.6. The van der Waals surface area contributed by atoms with Gasteiger partial charge >= 0.3 is 5.97 Å². The van der Waals surface area contributed by atoms with E-state index in [4.69, 9.17) is 14.6 Å². The second kappa shape index (κ2) is 9.44. The molecule has 2 N–H and O–H groups in total. The van der Waals surface area contributed by atoms with Gasteiger partial charge in [0.05, 0.1) is 12.0 Å². The van der Waals surface area contributed by atoms with Crippen LogP contribution in [0, 0.1) is 19.8 Å². The van der Waals surface area contributed by atoms with E-state index < -0.39 is 22.6 Å². The van der Waals surface area contributed by atoms with Crippen LogP contribution in [0.4, 0.5) is 0 Å². The van der Waals surface area contributed by atoms with E-state index in [0.717, 1.165) is 30.4 Å². The van der Waals surface area contributed by atoms with Crippen LogP contribution in [0.25, 0.3) is 0 Å². The molecular formula is C21H28N2O6S. The number of ether oxygens (including phenoxy) is 2. The molecule has 0 unspecified atom stereocenters. The molecule has 8 nitrogen and oxygen atoms in total. The van der Waals surface area contributed by atoms with Crippen LogP contribution in [-0.4, -0.2) is 38.5 Å². The average Bonchev–Trinajstić information content (AvgIpc) is 2.96. The molecule has 0 amide bonds. The van der Waals surface area contributed by atoms with Crippen molar-refractivity contribution in [1.82, 2.24) is 4.57 Å². The number of aromatic nitrogens is 1. The number of hydrogen-bond acceptors (Lipinski definition) is 6. The number of benzene rings is 1. The van der Waals surface area contributed by atoms with Crippen LogP contribution in [0.2, 0.25) is 0 Å². The number of aryl methyl sites for hydroxylation is 1. The van der Waals surface area contributed by atoms with Crippen molar-refractivity contribution in [2.24, 2.45) is 11.1 Å². The number of methoxy groups -OCH3 is 1. The molecule has 0 saturated heterocycles. The van der Waals surface area contributed by atoms with Gasteiger partial charge in [0.15, 0.2) is 6.61 Å². The number of esters is 1. The Labute approximate surface area is 177 Å². The molecule has 2 rings (SSSR count). The van der Waals surface area contributed by atoms with E-state index in [9.17, 15) is 18.0 Å². The van der Waals surface area contributed by atoms with Gasteiger partial charge in [0, 0.05) is 23.5 Å². The summed E-state index contributed by atoms with van der Waals surface area (Å²) in [5.41, 5.74) is 2.15. The fourth-order valence-electron chi connectivity index (χ4n) is 3.12. The van der Waals surface area contributed by atoms with E-state index in [-0.39, 0.29) is 22.0 Å². The van der Waals surface area contributed by atoms with E-state index in [1.807, 2.05) is 13.8 Å². The average molecular weight is 437 g/mol. The van der Waals surface area contributed by atoms with Crippen LogP contribution < -0.4 is 9.88 Å². The molecule has 9 heteroatoms. The van der Waals surface area contributed by atoms with Crippen molar-refractivity contribution in [2.45, 2.75) is 45.6 Å². The summed E-state index contributed by atoms with van der Waals surface area (Å²) in [6, 6.07) is 5.38. The zero-order chi connectivity index (χ0) is 22.6. The molecule has 0 bridgehead atoms. The van der Waals surface area contributed by atoms with Crippen molar-refractivity contribution < 1.29 is 27.5 Å². The Morgan fingerprint density at radius 2 is 1.80 bits per heavy atom. The van der Waals surface area contributed by atoms with Crippen molar-refractivity contribution >= 4 is 21.8 Å². The quantitative estimate of drug-likeness (QED) is 0.477. The Balaban J connectivity index is 2.17. The van der Waals surface area contributed by atoms with E-state index in [0.29, 0.717) is 11.5 Å². The van der Waals surface area contributed by atoms with E-state index in [1.54, 1.807) is 6.07 Å². The molecule has 30 heavy (non-hydrogen) atoms. The number of hydrogen-bond donors (Lipinski definition) is 1. The first-order valence-electron chi connectivity index (χ1n) is 9.53. The lowest BCUT2D eigenvalue weighted by Gasteiger charge is -2.12. The molecule has 0 aliphatic heterocycles. The number of nitrogens with two attached hydrogens (primary N) is 1. The predicted octanol–water partition coefficient (Wildman–Crippen LogP) is 2.85. The smallest absolute Gasteiger partial charge is 0.342 e. The molecule has 1 aromatic carbocycles. The van der Waals surface area contributed by atoms with Gasteiger partial charge in [0.2, 0.25) is 15.8 Å². The van der Waals surface area contributed by atoms with Crippen LogP contribution in [0.15, 0.2) is 29.2 Å². The molecule has 1 aromatic heterocycles. The number of nitrogens with zero attached hydrogens (tertiary/aromatic N) is 1. The summed E-state index contributed by atoms with van der Waals surface area (Å²) in [5, 5.41) is 5.11. The predicted molar refractivity (Wildman–Crippen MR) is 112 cm³/mol. The van der Waals surface area contributed by atoms with Crippen molar-refractivity contribution in [1.29, 1.82) is 0 Å². The Kier molecular flexibility index (Phi) is 7.44. The first-order valence-corrected chi connectivity index (χ1v) is 11.1. The summed E-state index contributed by atoms with van der Waals surface area (Å²) in [6.07, 6.45) is 0.985. The van der Waals surface area contributed by atoms with Crippen molar-refractivity contribution in [3.05, 3.63) is 46.8 Å². The highest BCUT2D eigenvalue weighted by atomic mass is 32.2. The summed E-state index contributed by atoms with van der Waals surface area (Å²) >= 11 is 0. The molecule has 2 aromatic rings. The SMILES string of the molecule is COc1ccc(S(N)(=O)=O)cc1C(=O)OCC(=O)c1cc(C)n(CCC(C)C)c1C. The van der Waals surface area contributed by atoms with Gasteiger partial charge in [-0.25, -0.2) is 18.4 Å². The second-order valence-corrected chi connectivity index (χ2v) is 9.09. The molecule has 1 heterocycles. The van der Waals surface area contributed by atoms with Crippen molar-refractivity contribution in [3.8, 4) is 5.75 Å². The third kappa shape index (κ3) is 5.48. The highest BCUT2D eigenvalue weighted by molar-refractivity contribution is 7.89. The molecule has 0 aliphatic rings. The fourth-order valence-corrected chi connectivity index (χ4v) is 3.66.